The highest BCUT2D eigenvalue weighted by Gasteiger charge is 2.21. The maximum atomic E-state index is 12.5. The fourth-order valence-corrected chi connectivity index (χ4v) is 3.98. The Bertz CT molecular complexity index is 1110. The van der Waals surface area contributed by atoms with E-state index in [1.165, 1.54) is 32.3 Å². The molecule has 0 aliphatic carbocycles. The van der Waals surface area contributed by atoms with Gasteiger partial charge in [0.2, 0.25) is 10.0 Å². The third kappa shape index (κ3) is 7.19. The zero-order chi connectivity index (χ0) is 25.3. The van der Waals surface area contributed by atoms with Crippen molar-refractivity contribution < 1.29 is 32.2 Å². The number of amides is 1. The molecule has 0 saturated carbocycles. The van der Waals surface area contributed by atoms with Crippen LogP contribution in [0.1, 0.15) is 35.3 Å². The smallest absolute Gasteiger partial charge is 0.338 e. The summed E-state index contributed by atoms with van der Waals surface area (Å²) in [6, 6.07) is 9.81. The minimum atomic E-state index is -3.70. The van der Waals surface area contributed by atoms with Crippen molar-refractivity contribution in [1.29, 1.82) is 0 Å². The number of esters is 1. The Labute approximate surface area is 201 Å². The molecule has 2 aromatic rings. The molecular formula is C24H32N2O7S. The molecular weight excluding hydrogens is 460 g/mol. The second-order valence-corrected chi connectivity index (χ2v) is 9.74. The van der Waals surface area contributed by atoms with Gasteiger partial charge in [-0.2, -0.15) is 0 Å². The summed E-state index contributed by atoms with van der Waals surface area (Å²) in [5.74, 6) is 0.0909. The lowest BCUT2D eigenvalue weighted by molar-refractivity contribution is -0.124. The van der Waals surface area contributed by atoms with E-state index in [1.807, 2.05) is 32.0 Å². The van der Waals surface area contributed by atoms with Crippen molar-refractivity contribution in [2.45, 2.75) is 32.1 Å². The molecule has 0 fully saturated rings. The Balaban J connectivity index is 1.91. The highest BCUT2D eigenvalue weighted by molar-refractivity contribution is 7.89. The highest BCUT2D eigenvalue weighted by Crippen LogP contribution is 2.28. The molecule has 186 valence electrons. The average Bonchev–Trinajstić information content (AvgIpc) is 2.79. The van der Waals surface area contributed by atoms with Crippen LogP contribution in [-0.4, -0.2) is 65.1 Å². The first kappa shape index (κ1) is 27.1. The Hall–Kier alpha value is -3.11. The van der Waals surface area contributed by atoms with Gasteiger partial charge in [0.15, 0.2) is 18.1 Å². The van der Waals surface area contributed by atoms with Gasteiger partial charge < -0.3 is 19.5 Å². The second-order valence-electron chi connectivity index (χ2n) is 7.59. The van der Waals surface area contributed by atoms with Crippen LogP contribution in [0.25, 0.3) is 0 Å². The zero-order valence-corrected chi connectivity index (χ0v) is 21.0. The number of carbonyl (C=O) groups excluding carboxylic acids is 2. The van der Waals surface area contributed by atoms with Crippen LogP contribution in [0.5, 0.6) is 11.5 Å². The lowest BCUT2D eigenvalue weighted by atomic mass is 10.1. The monoisotopic (exact) mass is 492 g/mol. The van der Waals surface area contributed by atoms with Gasteiger partial charge in [-0.15, -0.1) is 0 Å². The first-order chi connectivity index (χ1) is 16.1. The first-order valence-corrected chi connectivity index (χ1v) is 12.4. The lowest BCUT2D eigenvalue weighted by Gasteiger charge is -2.14. The largest absolute Gasteiger partial charge is 0.490 e. The molecule has 0 atom stereocenters. The number of benzene rings is 2. The number of carbonyl (C=O) groups is 2. The van der Waals surface area contributed by atoms with Crippen LogP contribution in [0.3, 0.4) is 0 Å². The van der Waals surface area contributed by atoms with Crippen molar-refractivity contribution in [3.8, 4) is 11.5 Å². The van der Waals surface area contributed by atoms with E-state index in [1.54, 1.807) is 6.92 Å². The van der Waals surface area contributed by atoms with Crippen molar-refractivity contribution in [1.82, 2.24) is 9.62 Å². The van der Waals surface area contributed by atoms with Crippen molar-refractivity contribution in [2.24, 2.45) is 0 Å². The van der Waals surface area contributed by atoms with Gasteiger partial charge in [0.05, 0.1) is 23.7 Å². The van der Waals surface area contributed by atoms with E-state index in [4.69, 9.17) is 14.2 Å². The van der Waals surface area contributed by atoms with Gasteiger partial charge in [-0.3, -0.25) is 4.79 Å². The van der Waals surface area contributed by atoms with Crippen LogP contribution >= 0.6 is 0 Å². The van der Waals surface area contributed by atoms with Crippen molar-refractivity contribution in [3.05, 3.63) is 53.1 Å². The number of hydrogen-bond donors (Lipinski definition) is 1. The number of aryl methyl sites for hydroxylation is 1. The predicted octanol–water partition coefficient (Wildman–Crippen LogP) is 2.56. The van der Waals surface area contributed by atoms with E-state index >= 15 is 0 Å². The molecule has 1 amide bonds. The number of sulfonamides is 1. The summed E-state index contributed by atoms with van der Waals surface area (Å²) in [5.41, 5.74) is 1.59. The molecule has 0 saturated heterocycles. The molecule has 2 rings (SSSR count). The standard InChI is InChI=1S/C24H32N2O7S/c1-6-31-21-11-9-18(14-22(21)32-7-2)12-13-25-23(27)16-33-24(28)20-15-19(10-8-17(20)3)34(29,30)26(4)5/h8-11,14-15H,6-7,12-13,16H2,1-5H3,(H,25,27). The van der Waals surface area contributed by atoms with E-state index in [2.05, 4.69) is 5.32 Å². The molecule has 0 aliphatic rings. The van der Waals surface area contributed by atoms with Gasteiger partial charge in [-0.1, -0.05) is 12.1 Å². The first-order valence-electron chi connectivity index (χ1n) is 11.0. The van der Waals surface area contributed by atoms with Crippen LogP contribution in [0, 0.1) is 6.92 Å². The van der Waals surface area contributed by atoms with Gasteiger partial charge in [-0.05, 0) is 62.6 Å². The average molecular weight is 493 g/mol. The Morgan fingerprint density at radius 2 is 1.65 bits per heavy atom. The van der Waals surface area contributed by atoms with Gasteiger partial charge in [0, 0.05) is 20.6 Å². The minimum absolute atomic E-state index is 0.0266. The van der Waals surface area contributed by atoms with E-state index in [0.717, 1.165) is 9.87 Å². The van der Waals surface area contributed by atoms with Crippen molar-refractivity contribution in [2.75, 3.05) is 40.5 Å². The predicted molar refractivity (Wildman–Crippen MR) is 128 cm³/mol. The van der Waals surface area contributed by atoms with Crippen molar-refractivity contribution in [3.63, 3.8) is 0 Å². The molecule has 0 unspecified atom stereocenters. The van der Waals surface area contributed by atoms with Crippen LogP contribution < -0.4 is 14.8 Å². The molecule has 34 heavy (non-hydrogen) atoms. The van der Waals surface area contributed by atoms with E-state index in [-0.39, 0.29) is 10.5 Å². The Kier molecular flexibility index (Phi) is 9.88. The molecule has 0 radical (unpaired) electrons. The zero-order valence-electron chi connectivity index (χ0n) is 20.2. The Morgan fingerprint density at radius 1 is 0.971 bits per heavy atom. The van der Waals surface area contributed by atoms with E-state index < -0.39 is 28.5 Å². The third-order valence-electron chi connectivity index (χ3n) is 4.89. The molecule has 0 spiro atoms. The number of hydrogen-bond acceptors (Lipinski definition) is 7. The highest BCUT2D eigenvalue weighted by atomic mass is 32.2. The maximum absolute atomic E-state index is 12.5. The molecule has 0 aromatic heterocycles. The summed E-state index contributed by atoms with van der Waals surface area (Å²) in [4.78, 5) is 24.6. The normalized spacial score (nSPS) is 11.2. The van der Waals surface area contributed by atoms with Crippen LogP contribution in [0.15, 0.2) is 41.3 Å². The molecule has 9 nitrogen and oxygen atoms in total. The van der Waals surface area contributed by atoms with Gasteiger partial charge in [-0.25, -0.2) is 17.5 Å². The lowest BCUT2D eigenvalue weighted by Crippen LogP contribution is -2.30. The molecule has 1 N–H and O–H groups in total. The number of ether oxygens (including phenoxy) is 3. The fourth-order valence-electron chi connectivity index (χ4n) is 3.05. The second kappa shape index (κ2) is 12.4. The van der Waals surface area contributed by atoms with Crippen LogP contribution in [-0.2, 0) is 26.0 Å². The Morgan fingerprint density at radius 3 is 2.29 bits per heavy atom. The number of nitrogens with zero attached hydrogens (tertiary/aromatic N) is 1. The fraction of sp³-hybridized carbons (Fsp3) is 0.417. The van der Waals surface area contributed by atoms with Gasteiger partial charge >= 0.3 is 5.97 Å². The van der Waals surface area contributed by atoms with E-state index in [0.29, 0.717) is 43.2 Å². The SMILES string of the molecule is CCOc1ccc(CCNC(=O)COC(=O)c2cc(S(=O)(=O)N(C)C)ccc2C)cc1OCC. The van der Waals surface area contributed by atoms with Gasteiger partial charge in [0.25, 0.3) is 5.91 Å². The van der Waals surface area contributed by atoms with Crippen LogP contribution in [0.2, 0.25) is 0 Å². The molecule has 0 bridgehead atoms. The minimum Gasteiger partial charge on any atom is -0.490 e. The van der Waals surface area contributed by atoms with E-state index in [9.17, 15) is 18.0 Å². The summed E-state index contributed by atoms with van der Waals surface area (Å²) in [6.07, 6.45) is 0.551. The topological polar surface area (TPSA) is 111 Å². The summed E-state index contributed by atoms with van der Waals surface area (Å²) < 4.78 is 42.0. The summed E-state index contributed by atoms with van der Waals surface area (Å²) in [7, 11) is -0.892. The molecule has 10 heteroatoms. The quantitative estimate of drug-likeness (QED) is 0.453. The molecule has 0 heterocycles. The summed E-state index contributed by atoms with van der Waals surface area (Å²) in [5, 5.41) is 2.70. The van der Waals surface area contributed by atoms with Crippen molar-refractivity contribution >= 4 is 21.9 Å². The number of nitrogens with one attached hydrogen (secondary N) is 1. The number of rotatable bonds is 12. The summed E-state index contributed by atoms with van der Waals surface area (Å²) >= 11 is 0. The molecule has 0 aliphatic heterocycles. The van der Waals surface area contributed by atoms with Gasteiger partial charge in [0.1, 0.15) is 0 Å². The maximum Gasteiger partial charge on any atom is 0.338 e. The molecule has 2 aromatic carbocycles. The third-order valence-corrected chi connectivity index (χ3v) is 6.70. The summed E-state index contributed by atoms with van der Waals surface area (Å²) in [6.45, 7) is 6.36. The van der Waals surface area contributed by atoms with Crippen LogP contribution in [0.4, 0.5) is 0 Å².